The zero-order chi connectivity index (χ0) is 18.1. The number of aryl methyl sites for hydroxylation is 3. The first-order valence-electron chi connectivity index (χ1n) is 7.57. The number of thiophene rings is 1. The molecule has 0 saturated carbocycles. The molecule has 3 aromatic rings. The number of fused-ring (bicyclic) bond motifs is 1. The fourth-order valence-electron chi connectivity index (χ4n) is 2.46. The van der Waals surface area contributed by atoms with Gasteiger partial charge in [-0.2, -0.15) is 0 Å². The Labute approximate surface area is 145 Å². The highest BCUT2D eigenvalue weighted by Gasteiger charge is 2.13. The van der Waals surface area contributed by atoms with Crippen LogP contribution in [0, 0.1) is 25.5 Å². The van der Waals surface area contributed by atoms with Crippen LogP contribution in [0.15, 0.2) is 29.3 Å². The van der Waals surface area contributed by atoms with Gasteiger partial charge in [0.15, 0.2) is 0 Å². The molecule has 25 heavy (non-hydrogen) atoms. The van der Waals surface area contributed by atoms with E-state index in [1.54, 1.807) is 0 Å². The second-order valence-corrected chi connectivity index (χ2v) is 6.83. The van der Waals surface area contributed by atoms with Crippen LogP contribution in [0.1, 0.15) is 16.9 Å². The number of carbonyl (C=O) groups is 1. The first-order valence-corrected chi connectivity index (χ1v) is 8.38. The molecule has 130 valence electrons. The number of anilines is 1. The molecule has 2 aromatic heterocycles. The summed E-state index contributed by atoms with van der Waals surface area (Å²) in [6, 6.07) is 2.82. The number of aromatic nitrogens is 2. The number of benzene rings is 1. The van der Waals surface area contributed by atoms with Gasteiger partial charge >= 0.3 is 0 Å². The Kier molecular flexibility index (Phi) is 4.63. The zero-order valence-corrected chi connectivity index (χ0v) is 14.4. The maximum Gasteiger partial charge on any atom is 0.262 e. The van der Waals surface area contributed by atoms with Crippen LogP contribution in [-0.2, 0) is 11.3 Å². The molecule has 5 nitrogen and oxygen atoms in total. The van der Waals surface area contributed by atoms with Crippen molar-refractivity contribution in [1.29, 1.82) is 0 Å². The van der Waals surface area contributed by atoms with Crippen molar-refractivity contribution >= 4 is 33.1 Å². The van der Waals surface area contributed by atoms with E-state index < -0.39 is 17.5 Å². The van der Waals surface area contributed by atoms with Crippen LogP contribution in [0.4, 0.5) is 14.5 Å². The van der Waals surface area contributed by atoms with Crippen molar-refractivity contribution in [3.63, 3.8) is 0 Å². The van der Waals surface area contributed by atoms with E-state index in [0.717, 1.165) is 28.6 Å². The van der Waals surface area contributed by atoms with Crippen molar-refractivity contribution in [1.82, 2.24) is 9.55 Å². The van der Waals surface area contributed by atoms with E-state index in [1.165, 1.54) is 22.2 Å². The van der Waals surface area contributed by atoms with Crippen molar-refractivity contribution in [3.05, 3.63) is 57.0 Å². The monoisotopic (exact) mass is 363 g/mol. The quantitative estimate of drug-likeness (QED) is 0.773. The van der Waals surface area contributed by atoms with E-state index in [4.69, 9.17) is 0 Å². The number of nitrogens with zero attached hydrogens (tertiary/aromatic N) is 2. The van der Waals surface area contributed by atoms with Gasteiger partial charge in [0.1, 0.15) is 16.5 Å². The van der Waals surface area contributed by atoms with E-state index in [1.807, 2.05) is 13.8 Å². The molecule has 2 heterocycles. The minimum atomic E-state index is -0.723. The first-order chi connectivity index (χ1) is 11.9. The topological polar surface area (TPSA) is 64.0 Å². The maximum absolute atomic E-state index is 13.5. The largest absolute Gasteiger partial charge is 0.323 e. The lowest BCUT2D eigenvalue weighted by Gasteiger charge is -2.08. The predicted molar refractivity (Wildman–Crippen MR) is 93.0 cm³/mol. The number of hydrogen-bond donors (Lipinski definition) is 1. The molecule has 8 heteroatoms. The average Bonchev–Trinajstić information content (AvgIpc) is 2.85. The van der Waals surface area contributed by atoms with Gasteiger partial charge < -0.3 is 5.32 Å². The van der Waals surface area contributed by atoms with Gasteiger partial charge in [0.25, 0.3) is 5.56 Å². The molecule has 1 amide bonds. The lowest BCUT2D eigenvalue weighted by Crippen LogP contribution is -2.23. The van der Waals surface area contributed by atoms with Crippen LogP contribution < -0.4 is 10.9 Å². The number of hydrogen-bond acceptors (Lipinski definition) is 4. The first kappa shape index (κ1) is 17.2. The third kappa shape index (κ3) is 3.43. The summed E-state index contributed by atoms with van der Waals surface area (Å²) in [4.78, 5) is 30.4. The molecule has 0 radical (unpaired) electrons. The molecule has 0 aliphatic rings. The summed E-state index contributed by atoms with van der Waals surface area (Å²) < 4.78 is 28.0. The highest BCUT2D eigenvalue weighted by Crippen LogP contribution is 2.25. The molecule has 0 atom stereocenters. The van der Waals surface area contributed by atoms with Gasteiger partial charge in [-0.3, -0.25) is 14.2 Å². The van der Waals surface area contributed by atoms with Crippen molar-refractivity contribution < 1.29 is 13.6 Å². The second-order valence-electron chi connectivity index (χ2n) is 5.63. The highest BCUT2D eigenvalue weighted by molar-refractivity contribution is 7.18. The normalized spacial score (nSPS) is 11.0. The highest BCUT2D eigenvalue weighted by atomic mass is 32.1. The van der Waals surface area contributed by atoms with Crippen molar-refractivity contribution in [2.45, 2.75) is 26.8 Å². The van der Waals surface area contributed by atoms with E-state index in [9.17, 15) is 18.4 Å². The van der Waals surface area contributed by atoms with Gasteiger partial charge in [-0.25, -0.2) is 13.8 Å². The van der Waals surface area contributed by atoms with Crippen LogP contribution in [-0.4, -0.2) is 15.5 Å². The van der Waals surface area contributed by atoms with E-state index in [2.05, 4.69) is 10.3 Å². The van der Waals surface area contributed by atoms with Gasteiger partial charge in [-0.1, -0.05) is 0 Å². The van der Waals surface area contributed by atoms with Crippen LogP contribution >= 0.6 is 11.3 Å². The number of rotatable bonds is 4. The Hall–Kier alpha value is -2.61. The predicted octanol–water partition coefficient (Wildman–Crippen LogP) is 3.38. The smallest absolute Gasteiger partial charge is 0.262 e. The molecule has 0 unspecified atom stereocenters. The Morgan fingerprint density at radius 2 is 2.08 bits per heavy atom. The Bertz CT molecular complexity index is 1030. The van der Waals surface area contributed by atoms with Crippen LogP contribution in [0.3, 0.4) is 0 Å². The Morgan fingerprint density at radius 3 is 2.84 bits per heavy atom. The number of carbonyl (C=O) groups excluding carboxylic acids is 1. The summed E-state index contributed by atoms with van der Waals surface area (Å²) in [6.07, 6.45) is 1.33. The van der Waals surface area contributed by atoms with E-state index in [0.29, 0.717) is 10.2 Å². The molecule has 1 N–H and O–H groups in total. The molecule has 3 rings (SSSR count). The summed E-state index contributed by atoms with van der Waals surface area (Å²) in [5.41, 5.74) is 0.449. The summed E-state index contributed by atoms with van der Waals surface area (Å²) in [5.74, 6) is -1.89. The molecule has 1 aromatic carbocycles. The summed E-state index contributed by atoms with van der Waals surface area (Å²) in [7, 11) is 0. The summed E-state index contributed by atoms with van der Waals surface area (Å²) in [5, 5.41) is 2.86. The summed E-state index contributed by atoms with van der Waals surface area (Å²) in [6.45, 7) is 3.88. The van der Waals surface area contributed by atoms with Gasteiger partial charge in [0, 0.05) is 23.9 Å². The second kappa shape index (κ2) is 6.72. The number of nitrogens with one attached hydrogen (secondary N) is 1. The SMILES string of the molecule is Cc1sc2ncn(CCC(=O)Nc3cc(F)ccc3F)c(=O)c2c1C. The average molecular weight is 363 g/mol. The molecule has 0 fully saturated rings. The van der Waals surface area contributed by atoms with Crippen molar-refractivity contribution in [2.75, 3.05) is 5.32 Å². The zero-order valence-electron chi connectivity index (χ0n) is 13.6. The lowest BCUT2D eigenvalue weighted by atomic mass is 10.2. The number of amides is 1. The van der Waals surface area contributed by atoms with Crippen LogP contribution in [0.5, 0.6) is 0 Å². The van der Waals surface area contributed by atoms with Gasteiger partial charge in [0.2, 0.25) is 5.91 Å². The molecule has 0 saturated heterocycles. The Balaban J connectivity index is 1.75. The molecule has 0 aliphatic heterocycles. The maximum atomic E-state index is 13.5. The Morgan fingerprint density at radius 1 is 1.32 bits per heavy atom. The third-order valence-electron chi connectivity index (χ3n) is 3.94. The number of halogens is 2. The van der Waals surface area contributed by atoms with Gasteiger partial charge in [-0.05, 0) is 31.5 Å². The van der Waals surface area contributed by atoms with E-state index >= 15 is 0 Å². The fraction of sp³-hybridized carbons (Fsp3) is 0.235. The standard InChI is InChI=1S/C17H15F2N3O2S/c1-9-10(2)25-16-15(9)17(24)22(8-20-16)6-5-14(23)21-13-7-11(18)3-4-12(13)19/h3-4,7-8H,5-6H2,1-2H3,(H,21,23). The van der Waals surface area contributed by atoms with E-state index in [-0.39, 0.29) is 24.2 Å². The summed E-state index contributed by atoms with van der Waals surface area (Å²) >= 11 is 1.45. The third-order valence-corrected chi connectivity index (χ3v) is 5.05. The molecule has 0 spiro atoms. The van der Waals surface area contributed by atoms with Gasteiger partial charge in [0.05, 0.1) is 17.4 Å². The van der Waals surface area contributed by atoms with Crippen LogP contribution in [0.25, 0.3) is 10.2 Å². The fourth-order valence-corrected chi connectivity index (χ4v) is 3.44. The molecular weight excluding hydrogens is 348 g/mol. The van der Waals surface area contributed by atoms with Gasteiger partial charge in [-0.15, -0.1) is 11.3 Å². The minimum absolute atomic E-state index is 0.0643. The molecule has 0 aliphatic carbocycles. The van der Waals surface area contributed by atoms with Crippen molar-refractivity contribution in [2.24, 2.45) is 0 Å². The molecule has 0 bridgehead atoms. The lowest BCUT2D eigenvalue weighted by molar-refractivity contribution is -0.116. The minimum Gasteiger partial charge on any atom is -0.323 e. The van der Waals surface area contributed by atoms with Crippen molar-refractivity contribution in [3.8, 4) is 0 Å². The van der Waals surface area contributed by atoms with Crippen LogP contribution in [0.2, 0.25) is 0 Å². The molecular formula is C17H15F2N3O2S.